The van der Waals surface area contributed by atoms with E-state index in [1.165, 1.54) is 11.3 Å². The molecule has 0 amide bonds. The van der Waals surface area contributed by atoms with Gasteiger partial charge in [-0.05, 0) is 13.3 Å². The van der Waals surface area contributed by atoms with Crippen LogP contribution >= 0.6 is 11.3 Å². The summed E-state index contributed by atoms with van der Waals surface area (Å²) in [4.78, 5) is 18.5. The van der Waals surface area contributed by atoms with E-state index >= 15 is 0 Å². The topological polar surface area (TPSA) is 42.4 Å². The van der Waals surface area contributed by atoms with Gasteiger partial charge in [0, 0.05) is 34.2 Å². The van der Waals surface area contributed by atoms with Crippen LogP contribution in [0.2, 0.25) is 0 Å². The maximum absolute atomic E-state index is 11.3. The van der Waals surface area contributed by atoms with E-state index in [1.54, 1.807) is 14.0 Å². The first-order chi connectivity index (χ1) is 7.56. The molecular formula is C11H18N2O2S. The molecule has 0 radical (unpaired) electrons. The van der Waals surface area contributed by atoms with E-state index < -0.39 is 0 Å². The highest BCUT2D eigenvalue weighted by molar-refractivity contribution is 7.17. The van der Waals surface area contributed by atoms with Crippen LogP contribution in [0.4, 0.5) is 5.13 Å². The molecule has 0 bridgehead atoms. The number of aromatic nitrogens is 1. The lowest BCUT2D eigenvalue weighted by molar-refractivity contribution is 0.102. The van der Waals surface area contributed by atoms with Crippen LogP contribution in [0.5, 0.6) is 0 Å². The van der Waals surface area contributed by atoms with Crippen LogP contribution < -0.4 is 4.90 Å². The van der Waals surface area contributed by atoms with Gasteiger partial charge in [0.1, 0.15) is 0 Å². The normalized spacial score (nSPS) is 10.5. The zero-order valence-electron chi connectivity index (χ0n) is 10.2. The summed E-state index contributed by atoms with van der Waals surface area (Å²) < 4.78 is 5.00. The van der Waals surface area contributed by atoms with E-state index in [-0.39, 0.29) is 5.78 Å². The molecule has 1 rings (SSSR count). The van der Waals surface area contributed by atoms with Gasteiger partial charge in [-0.1, -0.05) is 11.3 Å². The van der Waals surface area contributed by atoms with Crippen molar-refractivity contribution in [3.63, 3.8) is 0 Å². The Morgan fingerprint density at radius 3 is 2.75 bits per heavy atom. The molecule has 0 N–H and O–H groups in total. The highest BCUT2D eigenvalue weighted by Crippen LogP contribution is 2.25. The summed E-state index contributed by atoms with van der Waals surface area (Å²) in [7, 11) is 3.68. The van der Waals surface area contributed by atoms with Gasteiger partial charge >= 0.3 is 0 Å². The molecule has 0 saturated heterocycles. The van der Waals surface area contributed by atoms with Gasteiger partial charge in [0.05, 0.1) is 10.6 Å². The summed E-state index contributed by atoms with van der Waals surface area (Å²) in [6.45, 7) is 5.08. The fourth-order valence-electron chi connectivity index (χ4n) is 1.41. The molecule has 90 valence electrons. The van der Waals surface area contributed by atoms with Gasteiger partial charge in [-0.3, -0.25) is 4.79 Å². The van der Waals surface area contributed by atoms with Crippen LogP contribution in [-0.4, -0.2) is 38.1 Å². The zero-order valence-corrected chi connectivity index (χ0v) is 11.1. The number of methoxy groups -OCH3 is 1. The smallest absolute Gasteiger partial charge is 0.185 e. The van der Waals surface area contributed by atoms with Crippen molar-refractivity contribution in [1.29, 1.82) is 0 Å². The molecule has 0 spiro atoms. The predicted molar refractivity (Wildman–Crippen MR) is 66.6 cm³/mol. The Balaban J connectivity index is 2.65. The summed E-state index contributed by atoms with van der Waals surface area (Å²) in [5.41, 5.74) is 0.825. The molecule has 1 aromatic rings. The second-order valence-electron chi connectivity index (χ2n) is 3.74. The number of carbonyl (C=O) groups excluding carboxylic acids is 1. The molecule has 0 aliphatic heterocycles. The number of rotatable bonds is 6. The minimum atomic E-state index is 0.0894. The number of anilines is 1. The highest BCUT2D eigenvalue weighted by Gasteiger charge is 2.13. The summed E-state index contributed by atoms with van der Waals surface area (Å²) >= 11 is 1.46. The average molecular weight is 242 g/mol. The van der Waals surface area contributed by atoms with E-state index in [0.717, 1.165) is 35.3 Å². The highest BCUT2D eigenvalue weighted by atomic mass is 32.1. The standard InChI is InChI=1S/C11H18N2O2S/c1-8-10(9(2)14)16-11(12-8)13(3)6-5-7-15-4/h5-7H2,1-4H3. The van der Waals surface area contributed by atoms with E-state index in [2.05, 4.69) is 9.88 Å². The van der Waals surface area contributed by atoms with Crippen LogP contribution in [0.15, 0.2) is 0 Å². The van der Waals surface area contributed by atoms with Crippen LogP contribution in [0.1, 0.15) is 28.7 Å². The average Bonchev–Trinajstić information content (AvgIpc) is 2.60. The summed E-state index contributed by atoms with van der Waals surface area (Å²) in [6, 6.07) is 0. The molecule has 0 aliphatic carbocycles. The molecule has 0 saturated carbocycles. The minimum absolute atomic E-state index is 0.0894. The Labute approximate surface area is 100 Å². The van der Waals surface area contributed by atoms with Crippen molar-refractivity contribution in [1.82, 2.24) is 4.98 Å². The maximum atomic E-state index is 11.3. The zero-order chi connectivity index (χ0) is 12.1. The van der Waals surface area contributed by atoms with Crippen molar-refractivity contribution in [2.24, 2.45) is 0 Å². The number of ether oxygens (including phenoxy) is 1. The van der Waals surface area contributed by atoms with Gasteiger partial charge in [0.15, 0.2) is 10.9 Å². The van der Waals surface area contributed by atoms with E-state index in [4.69, 9.17) is 4.74 Å². The molecule has 0 aromatic carbocycles. The first kappa shape index (κ1) is 13.1. The monoisotopic (exact) mass is 242 g/mol. The van der Waals surface area contributed by atoms with Gasteiger partial charge < -0.3 is 9.64 Å². The lowest BCUT2D eigenvalue weighted by atomic mass is 10.3. The molecule has 1 aromatic heterocycles. The Hall–Kier alpha value is -0.940. The van der Waals surface area contributed by atoms with Gasteiger partial charge in [-0.2, -0.15) is 0 Å². The Kier molecular flexibility index (Phi) is 4.89. The first-order valence-corrected chi connectivity index (χ1v) is 6.06. The fraction of sp³-hybridized carbons (Fsp3) is 0.636. The molecule has 0 atom stereocenters. The number of nitrogens with zero attached hydrogens (tertiary/aromatic N) is 2. The van der Waals surface area contributed by atoms with Crippen LogP contribution in [0, 0.1) is 6.92 Å². The van der Waals surface area contributed by atoms with Crippen molar-refractivity contribution < 1.29 is 9.53 Å². The molecular weight excluding hydrogens is 224 g/mol. The third-order valence-electron chi connectivity index (χ3n) is 2.27. The number of aryl methyl sites for hydroxylation is 1. The van der Waals surface area contributed by atoms with Crippen LogP contribution in [0.3, 0.4) is 0 Å². The SMILES string of the molecule is COCCCN(C)c1nc(C)c(C(C)=O)s1. The Morgan fingerprint density at radius 2 is 2.25 bits per heavy atom. The van der Waals surface area contributed by atoms with E-state index in [0.29, 0.717) is 0 Å². The lowest BCUT2D eigenvalue weighted by Gasteiger charge is -2.14. The third-order valence-corrected chi connectivity index (χ3v) is 3.65. The summed E-state index contributed by atoms with van der Waals surface area (Å²) in [5, 5.41) is 0.902. The predicted octanol–water partition coefficient (Wildman–Crippen LogP) is 2.13. The second kappa shape index (κ2) is 5.96. The van der Waals surface area contributed by atoms with Crippen molar-refractivity contribution in [2.75, 3.05) is 32.2 Å². The quantitative estimate of drug-likeness (QED) is 0.566. The van der Waals surface area contributed by atoms with Crippen molar-refractivity contribution in [2.45, 2.75) is 20.3 Å². The largest absolute Gasteiger partial charge is 0.385 e. The first-order valence-electron chi connectivity index (χ1n) is 5.24. The molecule has 16 heavy (non-hydrogen) atoms. The van der Waals surface area contributed by atoms with Gasteiger partial charge in [0.2, 0.25) is 0 Å². The second-order valence-corrected chi connectivity index (χ2v) is 4.71. The summed E-state index contributed by atoms with van der Waals surface area (Å²) in [6.07, 6.45) is 0.959. The molecule has 0 unspecified atom stereocenters. The minimum Gasteiger partial charge on any atom is -0.385 e. The van der Waals surface area contributed by atoms with Gasteiger partial charge in [-0.25, -0.2) is 4.98 Å². The number of hydrogen-bond donors (Lipinski definition) is 0. The maximum Gasteiger partial charge on any atom is 0.185 e. The van der Waals surface area contributed by atoms with Crippen LogP contribution in [0.25, 0.3) is 0 Å². The van der Waals surface area contributed by atoms with E-state index in [9.17, 15) is 4.79 Å². The van der Waals surface area contributed by atoms with Gasteiger partial charge in [0.25, 0.3) is 0 Å². The van der Waals surface area contributed by atoms with Crippen molar-refractivity contribution >= 4 is 22.3 Å². The number of Topliss-reactive ketones (excluding diaryl/α,β-unsaturated/α-hetero) is 1. The number of hydrogen-bond acceptors (Lipinski definition) is 5. The number of carbonyl (C=O) groups is 1. The number of ketones is 1. The van der Waals surface area contributed by atoms with E-state index in [1.807, 2.05) is 14.0 Å². The molecule has 4 nitrogen and oxygen atoms in total. The van der Waals surface area contributed by atoms with Crippen LogP contribution in [-0.2, 0) is 4.74 Å². The van der Waals surface area contributed by atoms with Crippen molar-refractivity contribution in [3.8, 4) is 0 Å². The number of thiazole rings is 1. The fourth-order valence-corrected chi connectivity index (χ4v) is 2.36. The van der Waals surface area contributed by atoms with Gasteiger partial charge in [-0.15, -0.1) is 0 Å². The lowest BCUT2D eigenvalue weighted by Crippen LogP contribution is -2.19. The molecule has 0 aliphatic rings. The van der Waals surface area contributed by atoms with Crippen molar-refractivity contribution in [3.05, 3.63) is 10.6 Å². The molecule has 1 heterocycles. The Morgan fingerprint density at radius 1 is 1.56 bits per heavy atom. The molecule has 5 heteroatoms. The molecule has 0 fully saturated rings. The third kappa shape index (κ3) is 3.28. The Bertz CT molecular complexity index is 363. The summed E-state index contributed by atoms with van der Waals surface area (Å²) in [5.74, 6) is 0.0894.